The lowest BCUT2D eigenvalue weighted by Gasteiger charge is -2.13. The third-order valence-corrected chi connectivity index (χ3v) is 3.82. The molecule has 0 aliphatic heterocycles. The summed E-state index contributed by atoms with van der Waals surface area (Å²) in [7, 11) is 3.09. The molecule has 0 saturated carbocycles. The predicted octanol–water partition coefficient (Wildman–Crippen LogP) is 3.71. The topological polar surface area (TPSA) is 48.4 Å². The van der Waals surface area contributed by atoms with Gasteiger partial charge >= 0.3 is 0 Å². The fourth-order valence-corrected chi connectivity index (χ4v) is 2.86. The van der Waals surface area contributed by atoms with Crippen molar-refractivity contribution in [1.82, 2.24) is 4.98 Å². The van der Waals surface area contributed by atoms with Crippen LogP contribution in [0.2, 0.25) is 0 Å². The van der Waals surface area contributed by atoms with Crippen molar-refractivity contribution >= 4 is 21.7 Å². The fourth-order valence-electron chi connectivity index (χ4n) is 2.20. The SMILES string of the molecule is COc1ccc(C(=O)c2cc(C)nc(C)c2)c(OC)c1Br. The summed E-state index contributed by atoms with van der Waals surface area (Å²) in [5, 5.41) is 0. The summed E-state index contributed by atoms with van der Waals surface area (Å²) in [5.41, 5.74) is 2.69. The van der Waals surface area contributed by atoms with Gasteiger partial charge in [0.2, 0.25) is 0 Å². The molecule has 0 unspecified atom stereocenters. The first-order chi connectivity index (χ1) is 9.97. The Bertz CT molecular complexity index is 678. The average molecular weight is 350 g/mol. The zero-order chi connectivity index (χ0) is 15.6. The van der Waals surface area contributed by atoms with Gasteiger partial charge in [-0.1, -0.05) is 0 Å². The van der Waals surface area contributed by atoms with Gasteiger partial charge in [0.25, 0.3) is 0 Å². The lowest BCUT2D eigenvalue weighted by molar-refractivity contribution is 0.103. The van der Waals surface area contributed by atoms with Gasteiger partial charge in [0.05, 0.1) is 19.8 Å². The molecule has 21 heavy (non-hydrogen) atoms. The first-order valence-electron chi connectivity index (χ1n) is 6.38. The van der Waals surface area contributed by atoms with Crippen molar-refractivity contribution in [2.24, 2.45) is 0 Å². The largest absolute Gasteiger partial charge is 0.495 e. The Kier molecular flexibility index (Phi) is 4.63. The number of ketones is 1. The van der Waals surface area contributed by atoms with Crippen molar-refractivity contribution < 1.29 is 14.3 Å². The Balaban J connectivity index is 2.55. The van der Waals surface area contributed by atoms with Crippen LogP contribution in [0, 0.1) is 13.8 Å². The Labute approximate surface area is 132 Å². The number of methoxy groups -OCH3 is 2. The monoisotopic (exact) mass is 349 g/mol. The molecule has 0 fully saturated rings. The number of hydrogen-bond acceptors (Lipinski definition) is 4. The first-order valence-corrected chi connectivity index (χ1v) is 7.17. The molecule has 0 aliphatic rings. The molecule has 2 rings (SSSR count). The predicted molar refractivity (Wildman–Crippen MR) is 84.4 cm³/mol. The van der Waals surface area contributed by atoms with Crippen LogP contribution in [0.15, 0.2) is 28.7 Å². The van der Waals surface area contributed by atoms with Crippen LogP contribution < -0.4 is 9.47 Å². The molecule has 0 bridgehead atoms. The molecule has 2 aromatic rings. The lowest BCUT2D eigenvalue weighted by atomic mass is 10.0. The molecule has 1 aromatic carbocycles. The Hall–Kier alpha value is -1.88. The third-order valence-electron chi connectivity index (χ3n) is 3.07. The summed E-state index contributed by atoms with van der Waals surface area (Å²) >= 11 is 3.41. The number of nitrogens with zero attached hydrogens (tertiary/aromatic N) is 1. The minimum absolute atomic E-state index is 0.108. The van der Waals surface area contributed by atoms with Crippen LogP contribution in [0.1, 0.15) is 27.3 Å². The van der Waals surface area contributed by atoms with Crippen molar-refractivity contribution in [1.29, 1.82) is 0 Å². The molecule has 0 aliphatic carbocycles. The average Bonchev–Trinajstić information content (AvgIpc) is 2.45. The number of hydrogen-bond donors (Lipinski definition) is 0. The number of carbonyl (C=O) groups is 1. The second-order valence-electron chi connectivity index (χ2n) is 4.63. The number of aromatic nitrogens is 1. The highest BCUT2D eigenvalue weighted by Gasteiger charge is 2.20. The molecule has 0 N–H and O–H groups in total. The number of rotatable bonds is 4. The molecule has 0 radical (unpaired) electrons. The van der Waals surface area contributed by atoms with Gasteiger partial charge in [-0.2, -0.15) is 0 Å². The Morgan fingerprint density at radius 1 is 1.10 bits per heavy atom. The van der Waals surface area contributed by atoms with Crippen LogP contribution in [0.5, 0.6) is 11.5 Å². The second kappa shape index (κ2) is 6.26. The lowest BCUT2D eigenvalue weighted by Crippen LogP contribution is -2.06. The highest BCUT2D eigenvalue weighted by molar-refractivity contribution is 9.10. The van der Waals surface area contributed by atoms with Crippen molar-refractivity contribution in [3.8, 4) is 11.5 Å². The van der Waals surface area contributed by atoms with E-state index in [0.29, 0.717) is 27.1 Å². The van der Waals surface area contributed by atoms with Crippen LogP contribution >= 0.6 is 15.9 Å². The molecular weight excluding hydrogens is 334 g/mol. The van der Waals surface area contributed by atoms with E-state index in [2.05, 4.69) is 20.9 Å². The molecule has 0 atom stereocenters. The van der Waals surface area contributed by atoms with Crippen molar-refractivity contribution in [3.63, 3.8) is 0 Å². The van der Waals surface area contributed by atoms with E-state index in [0.717, 1.165) is 11.4 Å². The van der Waals surface area contributed by atoms with Crippen molar-refractivity contribution in [2.45, 2.75) is 13.8 Å². The summed E-state index contributed by atoms with van der Waals surface area (Å²) in [6.45, 7) is 3.73. The normalized spacial score (nSPS) is 10.3. The molecule has 4 nitrogen and oxygen atoms in total. The van der Waals surface area contributed by atoms with Gasteiger partial charge in [0, 0.05) is 17.0 Å². The van der Waals surface area contributed by atoms with Crippen LogP contribution in [-0.4, -0.2) is 25.0 Å². The number of carbonyl (C=O) groups excluding carboxylic acids is 1. The number of ether oxygens (including phenoxy) is 2. The van der Waals surface area contributed by atoms with Gasteiger partial charge in [0.1, 0.15) is 16.0 Å². The van der Waals surface area contributed by atoms with E-state index in [9.17, 15) is 4.79 Å². The number of aryl methyl sites for hydroxylation is 2. The molecule has 0 saturated heterocycles. The molecule has 1 heterocycles. The molecule has 1 aromatic heterocycles. The summed E-state index contributed by atoms with van der Waals surface area (Å²) in [5.74, 6) is 0.973. The zero-order valence-electron chi connectivity index (χ0n) is 12.4. The number of halogens is 1. The molecular formula is C16H16BrNO3. The molecule has 0 amide bonds. The van der Waals surface area contributed by atoms with Gasteiger partial charge in [-0.15, -0.1) is 0 Å². The number of benzene rings is 1. The third kappa shape index (κ3) is 3.08. The van der Waals surface area contributed by atoms with Crippen LogP contribution in [0.25, 0.3) is 0 Å². The van der Waals surface area contributed by atoms with E-state index in [-0.39, 0.29) is 5.78 Å². The van der Waals surface area contributed by atoms with E-state index < -0.39 is 0 Å². The van der Waals surface area contributed by atoms with E-state index in [1.807, 2.05) is 13.8 Å². The van der Waals surface area contributed by atoms with Crippen LogP contribution in [0.3, 0.4) is 0 Å². The second-order valence-corrected chi connectivity index (χ2v) is 5.42. The Morgan fingerprint density at radius 3 is 2.24 bits per heavy atom. The van der Waals surface area contributed by atoms with Crippen molar-refractivity contribution in [3.05, 3.63) is 51.3 Å². The Morgan fingerprint density at radius 2 is 1.71 bits per heavy atom. The van der Waals surface area contributed by atoms with E-state index in [4.69, 9.17) is 9.47 Å². The van der Waals surface area contributed by atoms with Gasteiger partial charge in [0.15, 0.2) is 5.78 Å². The van der Waals surface area contributed by atoms with E-state index >= 15 is 0 Å². The van der Waals surface area contributed by atoms with Gasteiger partial charge in [-0.3, -0.25) is 9.78 Å². The van der Waals surface area contributed by atoms with Crippen molar-refractivity contribution in [2.75, 3.05) is 14.2 Å². The van der Waals surface area contributed by atoms with Gasteiger partial charge < -0.3 is 9.47 Å². The van der Waals surface area contributed by atoms with E-state index in [1.54, 1.807) is 31.4 Å². The maximum atomic E-state index is 12.7. The summed E-state index contributed by atoms with van der Waals surface area (Å²) in [4.78, 5) is 17.0. The standard InChI is InChI=1S/C16H16BrNO3/c1-9-7-11(8-10(2)18-9)15(19)12-5-6-13(20-3)14(17)16(12)21-4/h5-8H,1-4H3. The summed E-state index contributed by atoms with van der Waals surface area (Å²) in [6.07, 6.45) is 0. The maximum absolute atomic E-state index is 12.7. The summed E-state index contributed by atoms with van der Waals surface area (Å²) in [6, 6.07) is 6.98. The zero-order valence-corrected chi connectivity index (χ0v) is 13.9. The van der Waals surface area contributed by atoms with E-state index in [1.165, 1.54) is 7.11 Å². The molecule has 110 valence electrons. The van der Waals surface area contributed by atoms with Gasteiger partial charge in [-0.25, -0.2) is 0 Å². The van der Waals surface area contributed by atoms with Crippen LogP contribution in [0.4, 0.5) is 0 Å². The minimum atomic E-state index is -0.108. The molecule has 5 heteroatoms. The quantitative estimate of drug-likeness (QED) is 0.789. The van der Waals surface area contributed by atoms with Crippen LogP contribution in [-0.2, 0) is 0 Å². The maximum Gasteiger partial charge on any atom is 0.196 e. The van der Waals surface area contributed by atoms with Gasteiger partial charge in [-0.05, 0) is 54.0 Å². The highest BCUT2D eigenvalue weighted by atomic mass is 79.9. The fraction of sp³-hybridized carbons (Fsp3) is 0.250. The first kappa shape index (κ1) is 15.5. The minimum Gasteiger partial charge on any atom is -0.495 e. The summed E-state index contributed by atoms with van der Waals surface area (Å²) < 4.78 is 11.2. The number of pyridine rings is 1. The molecule has 0 spiro atoms. The smallest absolute Gasteiger partial charge is 0.196 e. The highest BCUT2D eigenvalue weighted by Crippen LogP contribution is 2.38.